The lowest BCUT2D eigenvalue weighted by Gasteiger charge is -2.37. The van der Waals surface area contributed by atoms with Crippen LogP contribution in [0.15, 0.2) is 54.6 Å². The molecule has 3 aliphatic heterocycles. The molecule has 37 heavy (non-hydrogen) atoms. The molecule has 3 fully saturated rings. The normalized spacial score (nSPS) is 30.8. The van der Waals surface area contributed by atoms with Gasteiger partial charge >= 0.3 is 5.97 Å². The number of amides is 2. The van der Waals surface area contributed by atoms with Crippen LogP contribution >= 0.6 is 11.6 Å². The second-order valence-electron chi connectivity index (χ2n) is 9.94. The Bertz CT molecular complexity index is 1190. The van der Waals surface area contributed by atoms with Gasteiger partial charge in [-0.25, -0.2) is 0 Å². The maximum absolute atomic E-state index is 14.3. The number of likely N-dealkylation sites (tertiary alicyclic amines) is 1. The van der Waals surface area contributed by atoms with E-state index in [0.29, 0.717) is 35.5 Å². The third-order valence-electron chi connectivity index (χ3n) is 8.21. The first-order valence-corrected chi connectivity index (χ1v) is 13.1. The second kappa shape index (κ2) is 9.74. The molecule has 0 aliphatic carbocycles. The first-order valence-electron chi connectivity index (χ1n) is 12.7. The molecule has 8 nitrogen and oxygen atoms in total. The number of hydrogen-bond acceptors (Lipinski definition) is 6. The van der Waals surface area contributed by atoms with Gasteiger partial charge in [0.25, 0.3) is 0 Å². The summed E-state index contributed by atoms with van der Waals surface area (Å²) in [4.78, 5) is 43.0. The van der Waals surface area contributed by atoms with E-state index in [1.807, 2.05) is 37.3 Å². The van der Waals surface area contributed by atoms with E-state index in [4.69, 9.17) is 21.1 Å². The molecule has 3 saturated heterocycles. The summed E-state index contributed by atoms with van der Waals surface area (Å²) in [6.07, 6.45) is 1.48. The van der Waals surface area contributed by atoms with Crippen molar-refractivity contribution in [3.63, 3.8) is 0 Å². The summed E-state index contributed by atoms with van der Waals surface area (Å²) < 4.78 is 12.1. The summed E-state index contributed by atoms with van der Waals surface area (Å²) in [6, 6.07) is 13.9. The monoisotopic (exact) mass is 526 g/mol. The summed E-state index contributed by atoms with van der Waals surface area (Å²) >= 11 is 6.01. The second-order valence-corrected chi connectivity index (χ2v) is 10.4. The van der Waals surface area contributed by atoms with Gasteiger partial charge in [0.05, 0.1) is 30.8 Å². The first kappa shape index (κ1) is 25.7. The lowest BCUT2D eigenvalue weighted by atomic mass is 9.65. The Morgan fingerprint density at radius 2 is 1.86 bits per heavy atom. The number of ether oxygens (including phenoxy) is 2. The largest absolute Gasteiger partial charge is 0.466 e. The van der Waals surface area contributed by atoms with Gasteiger partial charge in [-0.15, -0.1) is 0 Å². The number of nitrogens with zero attached hydrogens (tertiary/aromatic N) is 1. The maximum atomic E-state index is 14.3. The molecule has 0 aromatic heterocycles. The molecular formula is C28H31ClN2O6. The number of halogens is 1. The smallest absolute Gasteiger partial charge is 0.312 e. The van der Waals surface area contributed by atoms with Gasteiger partial charge in [-0.05, 0) is 56.0 Å². The van der Waals surface area contributed by atoms with Crippen molar-refractivity contribution >= 4 is 35.1 Å². The van der Waals surface area contributed by atoms with Crippen LogP contribution in [0.1, 0.15) is 44.7 Å². The molecule has 2 unspecified atom stereocenters. The number of carbonyl (C=O) groups is 3. The zero-order valence-corrected chi connectivity index (χ0v) is 21.6. The third-order valence-corrected chi connectivity index (χ3v) is 8.46. The van der Waals surface area contributed by atoms with Crippen LogP contribution < -0.4 is 5.32 Å². The minimum Gasteiger partial charge on any atom is -0.466 e. The van der Waals surface area contributed by atoms with Crippen molar-refractivity contribution in [2.24, 2.45) is 11.8 Å². The number of nitrogens with one attached hydrogen (secondary N) is 1. The van der Waals surface area contributed by atoms with Gasteiger partial charge < -0.3 is 24.8 Å². The van der Waals surface area contributed by atoms with Crippen molar-refractivity contribution < 1.29 is 29.0 Å². The predicted molar refractivity (Wildman–Crippen MR) is 137 cm³/mol. The van der Waals surface area contributed by atoms with Crippen molar-refractivity contribution in [1.82, 2.24) is 4.90 Å². The molecule has 5 rings (SSSR count). The topological polar surface area (TPSA) is 105 Å². The SMILES string of the molecule is CCOC(=O)[C@H]1[C@H]2C(=O)N([C@H](CO)c3ccccc3)C(C(=O)Nc3ccc(Cl)cc3)C23CC[C@]1(CC)O3. The number of rotatable bonds is 8. The number of fused-ring (bicyclic) bond motifs is 1. The molecule has 3 aliphatic rings. The fraction of sp³-hybridized carbons (Fsp3) is 0.464. The van der Waals surface area contributed by atoms with Crippen LogP contribution in [0, 0.1) is 11.8 Å². The quantitative estimate of drug-likeness (QED) is 0.508. The Labute approximate surface area is 220 Å². The van der Waals surface area contributed by atoms with Crippen molar-refractivity contribution in [2.75, 3.05) is 18.5 Å². The highest BCUT2D eigenvalue weighted by Crippen LogP contribution is 2.65. The van der Waals surface area contributed by atoms with Gasteiger partial charge in [0.15, 0.2) is 0 Å². The molecule has 9 heteroatoms. The minimum atomic E-state index is -1.22. The lowest BCUT2D eigenvalue weighted by molar-refractivity contribution is -0.161. The van der Waals surface area contributed by atoms with Crippen molar-refractivity contribution in [2.45, 2.75) is 56.4 Å². The molecule has 2 bridgehead atoms. The number of aliphatic hydroxyl groups is 1. The van der Waals surface area contributed by atoms with Crippen LogP contribution in [-0.2, 0) is 23.9 Å². The van der Waals surface area contributed by atoms with E-state index in [9.17, 15) is 19.5 Å². The highest BCUT2D eigenvalue weighted by molar-refractivity contribution is 6.30. The average Bonchev–Trinajstić information content (AvgIpc) is 3.51. The van der Waals surface area contributed by atoms with E-state index in [-0.39, 0.29) is 12.5 Å². The van der Waals surface area contributed by atoms with Crippen LogP contribution in [-0.4, -0.2) is 58.2 Å². The number of anilines is 1. The highest BCUT2D eigenvalue weighted by Gasteiger charge is 2.79. The van der Waals surface area contributed by atoms with E-state index in [1.54, 1.807) is 31.2 Å². The van der Waals surface area contributed by atoms with E-state index in [2.05, 4.69) is 5.32 Å². The van der Waals surface area contributed by atoms with Crippen molar-refractivity contribution in [3.8, 4) is 0 Å². The molecule has 0 saturated carbocycles. The van der Waals surface area contributed by atoms with Crippen LogP contribution in [0.5, 0.6) is 0 Å². The van der Waals surface area contributed by atoms with E-state index >= 15 is 0 Å². The Morgan fingerprint density at radius 3 is 2.49 bits per heavy atom. The average molecular weight is 527 g/mol. The van der Waals surface area contributed by atoms with Gasteiger partial charge in [-0.2, -0.15) is 0 Å². The molecule has 2 amide bonds. The predicted octanol–water partition coefficient (Wildman–Crippen LogP) is 3.73. The highest BCUT2D eigenvalue weighted by atomic mass is 35.5. The summed E-state index contributed by atoms with van der Waals surface area (Å²) in [7, 11) is 0. The molecule has 1 spiro atoms. The van der Waals surface area contributed by atoms with Crippen LogP contribution in [0.2, 0.25) is 5.02 Å². The Morgan fingerprint density at radius 1 is 1.16 bits per heavy atom. The fourth-order valence-electron chi connectivity index (χ4n) is 6.66. The zero-order chi connectivity index (χ0) is 26.4. The Hall–Kier alpha value is -2.94. The van der Waals surface area contributed by atoms with Gasteiger partial charge in [-0.1, -0.05) is 48.9 Å². The maximum Gasteiger partial charge on any atom is 0.312 e. The summed E-state index contributed by atoms with van der Waals surface area (Å²) in [5, 5.41) is 13.9. The Kier molecular flexibility index (Phi) is 6.77. The van der Waals surface area contributed by atoms with E-state index in [1.165, 1.54) is 4.90 Å². The molecule has 0 radical (unpaired) electrons. The van der Waals surface area contributed by atoms with E-state index in [0.717, 1.165) is 0 Å². The lowest BCUT2D eigenvalue weighted by Crippen LogP contribution is -2.54. The van der Waals surface area contributed by atoms with Crippen LogP contribution in [0.3, 0.4) is 0 Å². The van der Waals surface area contributed by atoms with E-state index < -0.39 is 53.6 Å². The summed E-state index contributed by atoms with van der Waals surface area (Å²) in [5.74, 6) is -3.02. The molecule has 196 valence electrons. The fourth-order valence-corrected chi connectivity index (χ4v) is 6.78. The summed E-state index contributed by atoms with van der Waals surface area (Å²) in [5.41, 5.74) is -0.893. The molecular weight excluding hydrogens is 496 g/mol. The zero-order valence-electron chi connectivity index (χ0n) is 20.9. The number of aliphatic hydroxyl groups excluding tert-OH is 1. The molecule has 6 atom stereocenters. The molecule has 2 aromatic rings. The van der Waals surface area contributed by atoms with Gasteiger partial charge in [0, 0.05) is 10.7 Å². The van der Waals surface area contributed by atoms with Crippen molar-refractivity contribution in [3.05, 3.63) is 65.2 Å². The van der Waals surface area contributed by atoms with Gasteiger partial charge in [-0.3, -0.25) is 14.4 Å². The van der Waals surface area contributed by atoms with Crippen molar-refractivity contribution in [1.29, 1.82) is 0 Å². The number of benzene rings is 2. The third kappa shape index (κ3) is 3.93. The van der Waals surface area contributed by atoms with Gasteiger partial charge in [0.2, 0.25) is 11.8 Å². The number of esters is 1. The molecule has 3 heterocycles. The Balaban J connectivity index is 1.62. The van der Waals surface area contributed by atoms with Gasteiger partial charge in [0.1, 0.15) is 17.6 Å². The molecule has 2 N–H and O–H groups in total. The van der Waals surface area contributed by atoms with Crippen LogP contribution in [0.25, 0.3) is 0 Å². The number of hydrogen-bond donors (Lipinski definition) is 2. The minimum absolute atomic E-state index is 0.177. The number of carbonyl (C=O) groups excluding carboxylic acids is 3. The summed E-state index contributed by atoms with van der Waals surface area (Å²) in [6.45, 7) is 3.43. The molecule has 2 aromatic carbocycles. The first-order chi connectivity index (χ1) is 17.8. The van der Waals surface area contributed by atoms with Crippen LogP contribution in [0.4, 0.5) is 5.69 Å². The standard InChI is InChI=1S/C28H31ClN2O6/c1-3-27-14-15-28(37-27)21(22(27)26(35)36-4-2)25(34)31(20(16-32)17-8-6-5-7-9-17)23(28)24(33)30-19-12-10-18(29)11-13-19/h5-13,20-23,32H,3-4,14-16H2,1-2H3,(H,30,33)/t20-,21+,22-,23?,27+,28?/m1/s1.